The summed E-state index contributed by atoms with van der Waals surface area (Å²) in [5, 5.41) is 9.87. The molecule has 0 unspecified atom stereocenters. The molecule has 0 spiro atoms. The van der Waals surface area contributed by atoms with Crippen LogP contribution in [-0.4, -0.2) is 16.3 Å². The van der Waals surface area contributed by atoms with Gasteiger partial charge in [-0.1, -0.05) is 30.3 Å². The van der Waals surface area contributed by atoms with Crippen molar-refractivity contribution in [2.24, 2.45) is 0 Å². The first-order valence-corrected chi connectivity index (χ1v) is 5.32. The molecule has 0 bridgehead atoms. The number of alkyl halides is 1. The number of rotatable bonds is 4. The predicted molar refractivity (Wildman–Crippen MR) is 61.0 cm³/mol. The number of benzene rings is 1. The summed E-state index contributed by atoms with van der Waals surface area (Å²) in [6.07, 6.45) is 0.0433. The van der Waals surface area contributed by atoms with E-state index in [1.165, 1.54) is 6.92 Å². The summed E-state index contributed by atoms with van der Waals surface area (Å²) in [5.74, 6) is -0.0751. The molecule has 0 aliphatic carbocycles. The normalized spacial score (nSPS) is 16.8. The topological polar surface area (TPSA) is 37.3 Å². The Morgan fingerprint density at radius 3 is 2.40 bits per heavy atom. The maximum atomic E-state index is 11.1. The lowest BCUT2D eigenvalue weighted by Gasteiger charge is -2.30. The van der Waals surface area contributed by atoms with Gasteiger partial charge in [0.15, 0.2) is 0 Å². The number of aliphatic hydroxyl groups is 1. The number of carbonyl (C=O) groups is 1. The largest absolute Gasteiger partial charge is 0.383 e. The number of hydrogen-bond donors (Lipinski definition) is 1. The zero-order valence-electron chi connectivity index (χ0n) is 8.90. The van der Waals surface area contributed by atoms with E-state index < -0.39 is 11.0 Å². The summed E-state index contributed by atoms with van der Waals surface area (Å²) in [7, 11) is 0. The van der Waals surface area contributed by atoms with E-state index in [2.05, 4.69) is 0 Å². The van der Waals surface area contributed by atoms with Crippen LogP contribution in [0.25, 0.3) is 0 Å². The number of hydrogen-bond acceptors (Lipinski definition) is 2. The Labute approximate surface area is 94.9 Å². The summed E-state index contributed by atoms with van der Waals surface area (Å²) in [4.78, 5) is 11.1. The highest BCUT2D eigenvalue weighted by Crippen LogP contribution is 2.32. The molecule has 0 fully saturated rings. The molecule has 0 aromatic heterocycles. The quantitative estimate of drug-likeness (QED) is 0.801. The Hall–Kier alpha value is -0.860. The molecule has 0 amide bonds. The molecule has 0 saturated heterocycles. The van der Waals surface area contributed by atoms with Crippen LogP contribution in [-0.2, 0) is 10.4 Å². The summed E-state index contributed by atoms with van der Waals surface area (Å²) in [6.45, 7) is 3.14. The van der Waals surface area contributed by atoms with Crippen molar-refractivity contribution in [3.8, 4) is 0 Å². The lowest BCUT2D eigenvalue weighted by Crippen LogP contribution is -2.36. The molecule has 0 heterocycles. The minimum atomic E-state index is -1.27. The molecule has 1 rings (SSSR count). The van der Waals surface area contributed by atoms with Gasteiger partial charge in [-0.05, 0) is 19.4 Å². The number of halogens is 1. The van der Waals surface area contributed by atoms with Crippen LogP contribution < -0.4 is 0 Å². The maximum Gasteiger partial charge on any atom is 0.133 e. The minimum absolute atomic E-state index is 0.0433. The fourth-order valence-electron chi connectivity index (χ4n) is 1.58. The fraction of sp³-hybridized carbons (Fsp3) is 0.417. The molecule has 3 heteroatoms. The summed E-state index contributed by atoms with van der Waals surface area (Å²) >= 11 is 5.96. The Morgan fingerprint density at radius 1 is 1.47 bits per heavy atom. The molecule has 0 aliphatic heterocycles. The third-order valence-corrected chi connectivity index (χ3v) is 2.81. The number of ketones is 1. The van der Waals surface area contributed by atoms with E-state index in [-0.39, 0.29) is 12.2 Å². The Balaban J connectivity index is 3.07. The molecule has 1 aromatic carbocycles. The van der Waals surface area contributed by atoms with Gasteiger partial charge >= 0.3 is 0 Å². The average molecular weight is 227 g/mol. The molecular formula is C12H15ClO2. The van der Waals surface area contributed by atoms with Gasteiger partial charge in [0.25, 0.3) is 0 Å². The van der Waals surface area contributed by atoms with Crippen LogP contribution in [0.15, 0.2) is 30.3 Å². The lowest BCUT2D eigenvalue weighted by atomic mass is 9.86. The summed E-state index contributed by atoms with van der Waals surface area (Å²) in [6, 6.07) is 9.06. The Morgan fingerprint density at radius 2 is 2.00 bits per heavy atom. The van der Waals surface area contributed by atoms with Crippen molar-refractivity contribution >= 4 is 17.4 Å². The van der Waals surface area contributed by atoms with Gasteiger partial charge in [0.05, 0.1) is 5.38 Å². The van der Waals surface area contributed by atoms with Gasteiger partial charge in [-0.15, -0.1) is 11.6 Å². The molecule has 1 aromatic rings. The molecule has 0 saturated carbocycles. The first-order valence-electron chi connectivity index (χ1n) is 4.88. The van der Waals surface area contributed by atoms with Crippen molar-refractivity contribution < 1.29 is 9.90 Å². The highest BCUT2D eigenvalue weighted by atomic mass is 35.5. The lowest BCUT2D eigenvalue weighted by molar-refractivity contribution is -0.122. The molecule has 2 nitrogen and oxygen atoms in total. The van der Waals surface area contributed by atoms with Crippen LogP contribution in [0.1, 0.15) is 25.8 Å². The first-order chi connectivity index (χ1) is 6.97. The molecular weight excluding hydrogens is 212 g/mol. The summed E-state index contributed by atoms with van der Waals surface area (Å²) in [5.41, 5.74) is -0.586. The van der Waals surface area contributed by atoms with Crippen LogP contribution in [0.3, 0.4) is 0 Å². The van der Waals surface area contributed by atoms with Crippen molar-refractivity contribution in [2.45, 2.75) is 31.2 Å². The van der Waals surface area contributed by atoms with Crippen molar-refractivity contribution in [1.29, 1.82) is 0 Å². The molecule has 2 atom stereocenters. The van der Waals surface area contributed by atoms with E-state index >= 15 is 0 Å². The van der Waals surface area contributed by atoms with Crippen molar-refractivity contribution in [3.05, 3.63) is 35.9 Å². The molecule has 15 heavy (non-hydrogen) atoms. The van der Waals surface area contributed by atoms with Gasteiger partial charge in [0, 0.05) is 6.42 Å². The average Bonchev–Trinajstić information content (AvgIpc) is 2.17. The highest BCUT2D eigenvalue weighted by molar-refractivity contribution is 6.21. The van der Waals surface area contributed by atoms with Gasteiger partial charge in [-0.3, -0.25) is 4.79 Å². The van der Waals surface area contributed by atoms with Crippen LogP contribution in [0.4, 0.5) is 0 Å². The van der Waals surface area contributed by atoms with E-state index in [0.717, 1.165) is 0 Å². The minimum Gasteiger partial charge on any atom is -0.383 e. The smallest absolute Gasteiger partial charge is 0.133 e. The van der Waals surface area contributed by atoms with Crippen molar-refractivity contribution in [1.82, 2.24) is 0 Å². The third-order valence-electron chi connectivity index (χ3n) is 2.45. The number of Topliss-reactive ketones (excluding diaryl/α,β-unsaturated/α-hetero) is 1. The van der Waals surface area contributed by atoms with Crippen LogP contribution in [0, 0.1) is 0 Å². The maximum absolute atomic E-state index is 11.1. The van der Waals surface area contributed by atoms with E-state index in [1.807, 2.05) is 18.2 Å². The Bertz CT molecular complexity index is 335. The van der Waals surface area contributed by atoms with Gasteiger partial charge < -0.3 is 5.11 Å². The second-order valence-corrected chi connectivity index (χ2v) is 4.44. The SMILES string of the molecule is CC(=O)C[C@](O)(c1ccccc1)[C@@H](C)Cl. The van der Waals surface area contributed by atoms with Crippen LogP contribution >= 0.6 is 11.6 Å². The predicted octanol–water partition coefficient (Wildman–Crippen LogP) is 2.48. The summed E-state index contributed by atoms with van der Waals surface area (Å²) < 4.78 is 0. The van der Waals surface area contributed by atoms with E-state index in [0.29, 0.717) is 5.56 Å². The fourth-order valence-corrected chi connectivity index (χ4v) is 1.78. The Kier molecular flexibility index (Phi) is 3.89. The van der Waals surface area contributed by atoms with Crippen LogP contribution in [0.5, 0.6) is 0 Å². The monoisotopic (exact) mass is 226 g/mol. The molecule has 82 valence electrons. The molecule has 0 aliphatic rings. The van der Waals surface area contributed by atoms with E-state index in [1.54, 1.807) is 19.1 Å². The highest BCUT2D eigenvalue weighted by Gasteiger charge is 2.35. The van der Waals surface area contributed by atoms with Crippen molar-refractivity contribution in [3.63, 3.8) is 0 Å². The first kappa shape index (κ1) is 12.2. The van der Waals surface area contributed by atoms with E-state index in [4.69, 9.17) is 11.6 Å². The van der Waals surface area contributed by atoms with Crippen molar-refractivity contribution in [2.75, 3.05) is 0 Å². The van der Waals surface area contributed by atoms with Gasteiger partial charge in [0.1, 0.15) is 11.4 Å². The molecule has 1 N–H and O–H groups in total. The standard InChI is InChI=1S/C12H15ClO2/c1-9(14)8-12(15,10(2)13)11-6-4-3-5-7-11/h3-7,10,15H,8H2,1-2H3/t10-,12-/m1/s1. The van der Waals surface area contributed by atoms with Gasteiger partial charge in [0.2, 0.25) is 0 Å². The number of carbonyl (C=O) groups excluding carboxylic acids is 1. The van der Waals surface area contributed by atoms with E-state index in [9.17, 15) is 9.90 Å². The zero-order valence-corrected chi connectivity index (χ0v) is 9.66. The van der Waals surface area contributed by atoms with Gasteiger partial charge in [-0.25, -0.2) is 0 Å². The van der Waals surface area contributed by atoms with Gasteiger partial charge in [-0.2, -0.15) is 0 Å². The third kappa shape index (κ3) is 2.80. The van der Waals surface area contributed by atoms with Crippen LogP contribution in [0.2, 0.25) is 0 Å². The second kappa shape index (κ2) is 4.77. The molecule has 0 radical (unpaired) electrons. The zero-order chi connectivity index (χ0) is 11.5. The second-order valence-electron chi connectivity index (χ2n) is 3.79.